The van der Waals surface area contributed by atoms with E-state index in [0.29, 0.717) is 45.0 Å². The molecule has 3 aromatic carbocycles. The monoisotopic (exact) mass is 448 g/mol. The molecule has 1 saturated heterocycles. The molecule has 0 aliphatic carbocycles. The Kier molecular flexibility index (Phi) is 7.29. The normalized spacial score (nSPS) is 13.7. The number of hydrogen-bond acceptors (Lipinski definition) is 5. The maximum absolute atomic E-state index is 12.5. The van der Waals surface area contributed by atoms with Gasteiger partial charge in [0.15, 0.2) is 0 Å². The molecule has 0 radical (unpaired) electrons. The van der Waals surface area contributed by atoms with Crippen LogP contribution in [-0.4, -0.2) is 66.1 Å². The fourth-order valence-corrected chi connectivity index (χ4v) is 3.83. The summed E-state index contributed by atoms with van der Waals surface area (Å²) in [5.41, 5.74) is 0. The number of carbonyl (C=O) groups is 2. The molecule has 1 fully saturated rings. The molecule has 172 valence electrons. The Labute approximate surface area is 193 Å². The number of carbonyl (C=O) groups excluding carboxylic acids is 2. The van der Waals surface area contributed by atoms with Gasteiger partial charge >= 0.3 is 0 Å². The van der Waals surface area contributed by atoms with Gasteiger partial charge in [-0.15, -0.1) is 0 Å². The molecular weight excluding hydrogens is 420 g/mol. The van der Waals surface area contributed by atoms with Crippen LogP contribution in [0.1, 0.15) is 12.8 Å². The van der Waals surface area contributed by atoms with Crippen LogP contribution in [0.2, 0.25) is 0 Å². The third-order valence-corrected chi connectivity index (χ3v) is 5.71. The van der Waals surface area contributed by atoms with Crippen LogP contribution in [-0.2, 0) is 9.59 Å². The Morgan fingerprint density at radius 3 is 1.82 bits per heavy atom. The van der Waals surface area contributed by atoms with Crippen LogP contribution < -0.4 is 9.47 Å². The van der Waals surface area contributed by atoms with E-state index < -0.39 is 0 Å². The lowest BCUT2D eigenvalue weighted by molar-refractivity contribution is -0.140. The third-order valence-electron chi connectivity index (χ3n) is 5.71. The predicted molar refractivity (Wildman–Crippen MR) is 125 cm³/mol. The number of piperazine rings is 1. The van der Waals surface area contributed by atoms with Gasteiger partial charge in [0, 0.05) is 26.2 Å². The zero-order valence-electron chi connectivity index (χ0n) is 18.5. The number of aromatic hydroxyl groups is 1. The van der Waals surface area contributed by atoms with Crippen LogP contribution in [0, 0.1) is 0 Å². The summed E-state index contributed by atoms with van der Waals surface area (Å²) >= 11 is 0. The van der Waals surface area contributed by atoms with Crippen LogP contribution in [0.4, 0.5) is 0 Å². The SMILES string of the molecule is O=C(CCOc1ccc(O)cc1)N1CCN(C(=O)CCOc2ccc3ccccc3c2)CC1. The Balaban J connectivity index is 1.14. The van der Waals surface area contributed by atoms with Gasteiger partial charge in [-0.25, -0.2) is 0 Å². The summed E-state index contributed by atoms with van der Waals surface area (Å²) in [6.45, 7) is 2.70. The van der Waals surface area contributed by atoms with Gasteiger partial charge in [0.05, 0.1) is 26.1 Å². The third kappa shape index (κ3) is 6.16. The molecule has 0 aromatic heterocycles. The quantitative estimate of drug-likeness (QED) is 0.571. The molecule has 0 atom stereocenters. The molecule has 1 N–H and O–H groups in total. The van der Waals surface area contributed by atoms with Gasteiger partial charge in [-0.05, 0) is 47.2 Å². The minimum atomic E-state index is 0.0144. The largest absolute Gasteiger partial charge is 0.508 e. The molecule has 2 amide bonds. The van der Waals surface area contributed by atoms with Crippen molar-refractivity contribution < 1.29 is 24.2 Å². The standard InChI is InChI=1S/C26H28N2O5/c29-22-6-9-23(10-7-22)32-17-11-25(30)27-13-15-28(16-14-27)26(31)12-18-33-24-8-5-20-3-1-2-4-21(20)19-24/h1-10,19,29H,11-18H2. The Bertz CT molecular complexity index is 1090. The number of phenolic OH excluding ortho intramolecular Hbond substituents is 1. The number of fused-ring (bicyclic) bond motifs is 1. The highest BCUT2D eigenvalue weighted by Crippen LogP contribution is 2.21. The van der Waals surface area contributed by atoms with E-state index in [1.54, 1.807) is 34.1 Å². The van der Waals surface area contributed by atoms with Crippen LogP contribution in [0.15, 0.2) is 66.7 Å². The van der Waals surface area contributed by atoms with Crippen molar-refractivity contribution in [2.24, 2.45) is 0 Å². The lowest BCUT2D eigenvalue weighted by Crippen LogP contribution is -2.51. The van der Waals surface area contributed by atoms with Gasteiger partial charge in [0.2, 0.25) is 11.8 Å². The van der Waals surface area contributed by atoms with Crippen molar-refractivity contribution >= 4 is 22.6 Å². The highest BCUT2D eigenvalue weighted by molar-refractivity contribution is 5.83. The molecule has 0 bridgehead atoms. The summed E-state index contributed by atoms with van der Waals surface area (Å²) in [7, 11) is 0. The lowest BCUT2D eigenvalue weighted by Gasteiger charge is -2.35. The summed E-state index contributed by atoms with van der Waals surface area (Å²) in [6.07, 6.45) is 0.579. The topological polar surface area (TPSA) is 79.3 Å². The van der Waals surface area contributed by atoms with Crippen LogP contribution in [0.25, 0.3) is 10.8 Å². The number of hydrogen-bond donors (Lipinski definition) is 1. The van der Waals surface area contributed by atoms with E-state index in [4.69, 9.17) is 9.47 Å². The van der Waals surface area contributed by atoms with Crippen molar-refractivity contribution in [2.75, 3.05) is 39.4 Å². The number of amides is 2. The molecule has 4 rings (SSSR count). The molecule has 1 aliphatic rings. The van der Waals surface area contributed by atoms with E-state index >= 15 is 0 Å². The second-order valence-electron chi connectivity index (χ2n) is 7.96. The van der Waals surface area contributed by atoms with E-state index in [1.165, 1.54) is 0 Å². The lowest BCUT2D eigenvalue weighted by atomic mass is 10.1. The first-order valence-electron chi connectivity index (χ1n) is 11.2. The number of rotatable bonds is 8. The van der Waals surface area contributed by atoms with Gasteiger partial charge in [0.1, 0.15) is 17.2 Å². The fraction of sp³-hybridized carbons (Fsp3) is 0.308. The summed E-state index contributed by atoms with van der Waals surface area (Å²) in [4.78, 5) is 28.5. The minimum Gasteiger partial charge on any atom is -0.508 e. The number of nitrogens with zero attached hydrogens (tertiary/aromatic N) is 2. The molecule has 33 heavy (non-hydrogen) atoms. The van der Waals surface area contributed by atoms with Crippen molar-refractivity contribution in [2.45, 2.75) is 12.8 Å². The summed E-state index contributed by atoms with van der Waals surface area (Å²) in [5.74, 6) is 1.60. The van der Waals surface area contributed by atoms with Crippen molar-refractivity contribution in [3.8, 4) is 17.2 Å². The second kappa shape index (κ2) is 10.7. The Morgan fingerprint density at radius 2 is 1.21 bits per heavy atom. The minimum absolute atomic E-state index is 0.0144. The molecule has 7 heteroatoms. The van der Waals surface area contributed by atoms with Crippen molar-refractivity contribution in [1.29, 1.82) is 0 Å². The number of benzene rings is 3. The molecule has 7 nitrogen and oxygen atoms in total. The highest BCUT2D eigenvalue weighted by Gasteiger charge is 2.23. The zero-order valence-corrected chi connectivity index (χ0v) is 18.5. The maximum atomic E-state index is 12.5. The first kappa shape index (κ1) is 22.5. The first-order chi connectivity index (χ1) is 16.1. The van der Waals surface area contributed by atoms with E-state index in [2.05, 4.69) is 6.07 Å². The van der Waals surface area contributed by atoms with Crippen LogP contribution in [0.3, 0.4) is 0 Å². The van der Waals surface area contributed by atoms with Crippen molar-refractivity contribution in [1.82, 2.24) is 9.80 Å². The van der Waals surface area contributed by atoms with E-state index in [-0.39, 0.29) is 30.6 Å². The van der Waals surface area contributed by atoms with Gasteiger partial charge in [0.25, 0.3) is 0 Å². The molecule has 1 aliphatic heterocycles. The van der Waals surface area contributed by atoms with Crippen LogP contribution in [0.5, 0.6) is 17.2 Å². The summed E-state index contributed by atoms with van der Waals surface area (Å²) in [5, 5.41) is 11.5. The smallest absolute Gasteiger partial charge is 0.226 e. The second-order valence-corrected chi connectivity index (χ2v) is 7.96. The average Bonchev–Trinajstić information content (AvgIpc) is 2.85. The molecule has 3 aromatic rings. The predicted octanol–water partition coefficient (Wildman–Crippen LogP) is 3.45. The van der Waals surface area contributed by atoms with E-state index in [1.807, 2.05) is 36.4 Å². The van der Waals surface area contributed by atoms with E-state index in [0.717, 1.165) is 16.5 Å². The van der Waals surface area contributed by atoms with Crippen LogP contribution >= 0.6 is 0 Å². The van der Waals surface area contributed by atoms with Gasteiger partial charge < -0.3 is 24.4 Å². The Hall–Kier alpha value is -3.74. The van der Waals surface area contributed by atoms with Gasteiger partial charge in [-0.1, -0.05) is 30.3 Å². The zero-order chi connectivity index (χ0) is 23.0. The maximum Gasteiger partial charge on any atom is 0.226 e. The molecular formula is C26H28N2O5. The first-order valence-corrected chi connectivity index (χ1v) is 11.2. The average molecular weight is 449 g/mol. The van der Waals surface area contributed by atoms with Gasteiger partial charge in [-0.2, -0.15) is 0 Å². The van der Waals surface area contributed by atoms with E-state index in [9.17, 15) is 14.7 Å². The summed E-state index contributed by atoms with van der Waals surface area (Å²) < 4.78 is 11.3. The summed E-state index contributed by atoms with van der Waals surface area (Å²) in [6, 6.07) is 20.4. The molecule has 0 saturated carbocycles. The Morgan fingerprint density at radius 1 is 0.697 bits per heavy atom. The number of phenols is 1. The molecule has 0 spiro atoms. The van der Waals surface area contributed by atoms with Crippen molar-refractivity contribution in [3.05, 3.63) is 66.7 Å². The fourth-order valence-electron chi connectivity index (χ4n) is 3.83. The highest BCUT2D eigenvalue weighted by atomic mass is 16.5. The molecule has 0 unspecified atom stereocenters. The molecule has 1 heterocycles. The van der Waals surface area contributed by atoms with Gasteiger partial charge in [-0.3, -0.25) is 9.59 Å². The van der Waals surface area contributed by atoms with Crippen molar-refractivity contribution in [3.63, 3.8) is 0 Å². The number of ether oxygens (including phenoxy) is 2.